The summed E-state index contributed by atoms with van der Waals surface area (Å²) in [6, 6.07) is 1.76. The second-order valence-corrected chi connectivity index (χ2v) is 9.89. The molecule has 4 nitrogen and oxygen atoms in total. The molecular weight excluding hydrogens is 400 g/mol. The number of aryl methyl sites for hydroxylation is 1. The lowest BCUT2D eigenvalue weighted by atomic mass is 9.73. The van der Waals surface area contributed by atoms with Gasteiger partial charge in [0.1, 0.15) is 17.1 Å². The van der Waals surface area contributed by atoms with Gasteiger partial charge in [-0.1, -0.05) is 49.1 Å². The van der Waals surface area contributed by atoms with Gasteiger partial charge >= 0.3 is 5.97 Å². The maximum absolute atomic E-state index is 13.3. The van der Waals surface area contributed by atoms with Crippen LogP contribution in [-0.2, 0) is 11.2 Å². The molecule has 1 aromatic rings. The normalized spacial score (nSPS) is 24.7. The third-order valence-electron chi connectivity index (χ3n) is 6.50. The third-order valence-corrected chi connectivity index (χ3v) is 6.50. The minimum atomic E-state index is -1.21. The van der Waals surface area contributed by atoms with Gasteiger partial charge in [-0.3, -0.25) is 0 Å². The van der Waals surface area contributed by atoms with Crippen molar-refractivity contribution in [1.82, 2.24) is 0 Å². The number of aromatic hydroxyl groups is 1. The lowest BCUT2D eigenvalue weighted by Gasteiger charge is -2.38. The predicted octanol–water partition coefficient (Wildman–Crippen LogP) is 7.37. The van der Waals surface area contributed by atoms with Crippen LogP contribution in [0.5, 0.6) is 11.5 Å². The molecule has 0 spiro atoms. The van der Waals surface area contributed by atoms with Gasteiger partial charge in [0.05, 0.1) is 0 Å². The number of phenols is 1. The molecule has 1 aromatic carbocycles. The smallest absolute Gasteiger partial charge is 0.345 e. The number of carbonyl (C=O) groups excluding carboxylic acids is 1. The number of hydrogen-bond donors (Lipinski definition) is 1. The van der Waals surface area contributed by atoms with Gasteiger partial charge in [0.25, 0.3) is 5.79 Å². The number of phenolic OH excluding ortho intramolecular Hbond substituents is 1. The summed E-state index contributed by atoms with van der Waals surface area (Å²) in [5.74, 6) is -0.861. The van der Waals surface area contributed by atoms with Crippen molar-refractivity contribution in [3.63, 3.8) is 0 Å². The van der Waals surface area contributed by atoms with Crippen LogP contribution < -0.4 is 4.74 Å². The summed E-state index contributed by atoms with van der Waals surface area (Å²) >= 11 is 0. The van der Waals surface area contributed by atoms with E-state index >= 15 is 0 Å². The number of unbranched alkanes of at least 4 members (excludes halogenated alkanes) is 2. The first-order valence-corrected chi connectivity index (χ1v) is 11.9. The summed E-state index contributed by atoms with van der Waals surface area (Å²) < 4.78 is 12.2. The number of fused-ring (bicyclic) bond motifs is 1. The van der Waals surface area contributed by atoms with E-state index in [1.165, 1.54) is 5.57 Å². The van der Waals surface area contributed by atoms with Crippen LogP contribution >= 0.6 is 0 Å². The monoisotopic (exact) mass is 438 g/mol. The summed E-state index contributed by atoms with van der Waals surface area (Å²) in [6.07, 6.45) is 9.77. The lowest BCUT2D eigenvalue weighted by molar-refractivity contribution is -0.107. The first-order valence-electron chi connectivity index (χ1n) is 11.9. The fraction of sp³-hybridized carbons (Fsp3) is 0.536. The molecule has 0 amide bonds. The van der Waals surface area contributed by atoms with Crippen molar-refractivity contribution >= 4 is 5.97 Å². The van der Waals surface area contributed by atoms with Crippen LogP contribution in [0, 0.1) is 5.92 Å². The van der Waals surface area contributed by atoms with Gasteiger partial charge in [-0.05, 0) is 77.0 Å². The molecule has 4 heteroatoms. The van der Waals surface area contributed by atoms with E-state index in [1.54, 1.807) is 13.0 Å². The van der Waals surface area contributed by atoms with Crippen molar-refractivity contribution < 1.29 is 19.4 Å². The summed E-state index contributed by atoms with van der Waals surface area (Å²) in [5, 5.41) is 11.3. The largest absolute Gasteiger partial charge is 0.507 e. The highest BCUT2D eigenvalue weighted by Crippen LogP contribution is 2.51. The molecule has 0 saturated heterocycles. The van der Waals surface area contributed by atoms with Crippen LogP contribution in [-0.4, -0.2) is 16.9 Å². The number of hydrogen-bond acceptors (Lipinski definition) is 4. The molecule has 2 aliphatic rings. The van der Waals surface area contributed by atoms with Gasteiger partial charge in [0.15, 0.2) is 0 Å². The van der Waals surface area contributed by atoms with Crippen molar-refractivity contribution in [2.24, 2.45) is 5.92 Å². The number of rotatable bonds is 7. The van der Waals surface area contributed by atoms with Crippen LogP contribution in [0.4, 0.5) is 0 Å². The van der Waals surface area contributed by atoms with Crippen molar-refractivity contribution in [2.45, 2.75) is 91.8 Å². The molecule has 0 fully saturated rings. The first kappa shape index (κ1) is 24.2. The Balaban J connectivity index is 2.23. The highest BCUT2D eigenvalue weighted by molar-refractivity contribution is 5.97. The Kier molecular flexibility index (Phi) is 7.22. The van der Waals surface area contributed by atoms with E-state index in [1.807, 2.05) is 26.8 Å². The van der Waals surface area contributed by atoms with Crippen LogP contribution in [0.15, 0.2) is 41.5 Å². The minimum absolute atomic E-state index is 0.0958. The molecule has 1 N–H and O–H groups in total. The SMILES string of the molecule is C=C(C)C1CCC(C)=CC1c1c(O)cc(CCCCC)c2c1OC(C)(C=C(C)C)OC2=O. The van der Waals surface area contributed by atoms with E-state index in [0.717, 1.165) is 48.8 Å². The van der Waals surface area contributed by atoms with Crippen LogP contribution in [0.25, 0.3) is 0 Å². The second-order valence-electron chi connectivity index (χ2n) is 9.89. The molecule has 0 aromatic heterocycles. The Morgan fingerprint density at radius 1 is 1.28 bits per heavy atom. The molecule has 1 aliphatic carbocycles. The van der Waals surface area contributed by atoms with Gasteiger partial charge in [-0.25, -0.2) is 4.79 Å². The zero-order chi connectivity index (χ0) is 23.6. The van der Waals surface area contributed by atoms with Gasteiger partial charge in [0, 0.05) is 18.4 Å². The van der Waals surface area contributed by atoms with E-state index in [4.69, 9.17) is 9.47 Å². The minimum Gasteiger partial charge on any atom is -0.507 e. The molecule has 3 unspecified atom stereocenters. The summed E-state index contributed by atoms with van der Waals surface area (Å²) in [5.41, 5.74) is 5.27. The van der Waals surface area contributed by atoms with Gasteiger partial charge < -0.3 is 14.6 Å². The maximum atomic E-state index is 13.3. The van der Waals surface area contributed by atoms with Crippen molar-refractivity contribution in [1.29, 1.82) is 0 Å². The van der Waals surface area contributed by atoms with Gasteiger partial charge in [-0.15, -0.1) is 0 Å². The average molecular weight is 439 g/mol. The van der Waals surface area contributed by atoms with E-state index < -0.39 is 5.79 Å². The summed E-state index contributed by atoms with van der Waals surface area (Å²) in [4.78, 5) is 13.3. The van der Waals surface area contributed by atoms with Crippen LogP contribution in [0.1, 0.15) is 101 Å². The average Bonchev–Trinajstić information content (AvgIpc) is 2.66. The molecule has 3 rings (SSSR count). The second kappa shape index (κ2) is 9.56. The standard InChI is InChI=1S/C28H38O4/c1-8-9-10-11-20-15-23(29)25(22-14-19(6)12-13-21(22)18(4)5)26-24(20)27(30)32-28(7,31-26)16-17(2)3/h14-16,21-22,29H,4,8-13H2,1-3,5-7H3. The number of benzene rings is 1. The first-order chi connectivity index (χ1) is 15.1. The van der Waals surface area contributed by atoms with Crippen molar-refractivity contribution in [3.8, 4) is 11.5 Å². The fourth-order valence-corrected chi connectivity index (χ4v) is 5.07. The molecule has 0 saturated carbocycles. The van der Waals surface area contributed by atoms with E-state index in [9.17, 15) is 9.90 Å². The topological polar surface area (TPSA) is 55.8 Å². The summed E-state index contributed by atoms with van der Waals surface area (Å²) in [7, 11) is 0. The number of ether oxygens (including phenoxy) is 2. The van der Waals surface area contributed by atoms with E-state index in [2.05, 4.69) is 26.5 Å². The number of allylic oxidation sites excluding steroid dienone is 4. The molecule has 1 aliphatic heterocycles. The Morgan fingerprint density at radius 3 is 2.62 bits per heavy atom. The van der Waals surface area contributed by atoms with Crippen molar-refractivity contribution in [2.75, 3.05) is 0 Å². The van der Waals surface area contributed by atoms with Gasteiger partial charge in [0.2, 0.25) is 0 Å². The number of carbonyl (C=O) groups is 1. The highest BCUT2D eigenvalue weighted by Gasteiger charge is 2.42. The number of esters is 1. The van der Waals surface area contributed by atoms with Gasteiger partial charge in [-0.2, -0.15) is 0 Å². The number of cyclic esters (lactones) is 1. The molecule has 174 valence electrons. The van der Waals surface area contributed by atoms with E-state index in [0.29, 0.717) is 23.3 Å². The Hall–Kier alpha value is -2.49. The third kappa shape index (κ3) is 4.95. The van der Waals surface area contributed by atoms with E-state index in [-0.39, 0.29) is 23.6 Å². The molecule has 32 heavy (non-hydrogen) atoms. The van der Waals surface area contributed by atoms with Crippen LogP contribution in [0.2, 0.25) is 0 Å². The molecule has 0 bridgehead atoms. The molecular formula is C28H38O4. The zero-order valence-electron chi connectivity index (χ0n) is 20.5. The predicted molar refractivity (Wildman–Crippen MR) is 129 cm³/mol. The molecule has 3 atom stereocenters. The summed E-state index contributed by atoms with van der Waals surface area (Å²) in [6.45, 7) is 16.2. The molecule has 1 heterocycles. The molecule has 0 radical (unpaired) electrons. The Morgan fingerprint density at radius 2 is 2.00 bits per heavy atom. The fourth-order valence-electron chi connectivity index (χ4n) is 5.07. The lowest BCUT2D eigenvalue weighted by Crippen LogP contribution is -2.41. The van der Waals surface area contributed by atoms with Crippen LogP contribution in [0.3, 0.4) is 0 Å². The maximum Gasteiger partial charge on any atom is 0.345 e. The van der Waals surface area contributed by atoms with Crippen molar-refractivity contribution in [3.05, 3.63) is 58.2 Å². The Bertz CT molecular complexity index is 964. The quantitative estimate of drug-likeness (QED) is 0.274. The zero-order valence-corrected chi connectivity index (χ0v) is 20.5. The Labute approximate surface area is 193 Å². The highest BCUT2D eigenvalue weighted by atomic mass is 16.7.